The minimum atomic E-state index is -4.71. The molecule has 0 aliphatic heterocycles. The first kappa shape index (κ1) is 66.2. The molecule has 0 heterocycles. The number of rotatable bonds is 49. The molecule has 1 amide bonds. The lowest BCUT2D eigenvalue weighted by Gasteiger charge is -2.30. The molecule has 3 unspecified atom stereocenters. The summed E-state index contributed by atoms with van der Waals surface area (Å²) in [5.41, 5.74) is 0. The highest BCUT2D eigenvalue weighted by Crippen LogP contribution is 2.38. The van der Waals surface area contributed by atoms with Crippen molar-refractivity contribution >= 4 is 19.7 Å². The molecule has 0 saturated heterocycles. The second kappa shape index (κ2) is 48.8. The summed E-state index contributed by atoms with van der Waals surface area (Å²) >= 11 is 0. The summed E-state index contributed by atoms with van der Waals surface area (Å²) in [6, 6.07) is -0.929. The van der Waals surface area contributed by atoms with Crippen LogP contribution in [0.2, 0.25) is 0 Å². The number of nitrogens with zero attached hydrogens (tertiary/aromatic N) is 1. The molecule has 0 aromatic heterocycles. The number of allylic oxidation sites excluding steroid dienone is 13. The van der Waals surface area contributed by atoms with Crippen LogP contribution in [-0.2, 0) is 27.9 Å². The third kappa shape index (κ3) is 49.9. The topological polar surface area (TPSA) is 114 Å². The standard InChI is InChI=1S/C59H105N2O7P/c1-7-10-13-16-19-22-25-27-28-29-30-31-32-34-37-39-42-45-48-51-58(62)60-56(55-67-69(64,65)66-54-53-61(4,5)6)57(50-47-44-41-38-36-33-26-23-20-17-14-11-8-2)68-59(63)52-49-46-43-40-35-24-21-18-15-12-9-3/h10,13,19,22,27-28,30-31,34,37,42,45,47,50,56-57H,7-9,11-12,14-18,20-21,23-26,29,32-33,35-36,38-41,43-44,46,48-49,51-55H2,1-6H3,(H-,60,62,64,65)/b13-10-,22-19-,28-27-,31-30-,37-34-,45-42-,50-47+. The van der Waals surface area contributed by atoms with Crippen molar-refractivity contribution < 1.29 is 37.3 Å². The van der Waals surface area contributed by atoms with Crippen molar-refractivity contribution in [2.75, 3.05) is 40.9 Å². The second-order valence-electron chi connectivity index (χ2n) is 19.7. The average molecular weight is 985 g/mol. The molecule has 9 nitrogen and oxygen atoms in total. The van der Waals surface area contributed by atoms with Gasteiger partial charge in [-0.3, -0.25) is 14.2 Å². The van der Waals surface area contributed by atoms with Gasteiger partial charge in [-0.2, -0.15) is 0 Å². The van der Waals surface area contributed by atoms with E-state index >= 15 is 0 Å². The van der Waals surface area contributed by atoms with E-state index in [1.54, 1.807) is 0 Å². The Labute approximate surface area is 425 Å². The minimum Gasteiger partial charge on any atom is -0.756 e. The first-order valence-corrected chi connectivity index (χ1v) is 29.4. The van der Waals surface area contributed by atoms with Gasteiger partial charge in [-0.15, -0.1) is 0 Å². The maximum absolute atomic E-state index is 13.4. The predicted molar refractivity (Wildman–Crippen MR) is 293 cm³/mol. The maximum Gasteiger partial charge on any atom is 0.306 e. The summed E-state index contributed by atoms with van der Waals surface area (Å²) < 4.78 is 30.1. The number of carbonyl (C=O) groups excluding carboxylic acids is 2. The Morgan fingerprint density at radius 2 is 0.942 bits per heavy atom. The number of hydrogen-bond donors (Lipinski definition) is 1. The van der Waals surface area contributed by atoms with Crippen molar-refractivity contribution in [3.05, 3.63) is 85.1 Å². The van der Waals surface area contributed by atoms with Gasteiger partial charge in [-0.1, -0.05) is 228 Å². The summed E-state index contributed by atoms with van der Waals surface area (Å²) in [7, 11) is 1.13. The van der Waals surface area contributed by atoms with Crippen molar-refractivity contribution in [2.24, 2.45) is 0 Å². The number of ether oxygens (including phenoxy) is 1. The number of hydrogen-bond acceptors (Lipinski definition) is 7. The third-order valence-corrected chi connectivity index (χ3v) is 12.8. The molecule has 69 heavy (non-hydrogen) atoms. The summed E-state index contributed by atoms with van der Waals surface area (Å²) in [6.45, 7) is 6.65. The van der Waals surface area contributed by atoms with Crippen LogP contribution in [0.25, 0.3) is 0 Å². The van der Waals surface area contributed by atoms with E-state index in [1.165, 1.54) is 109 Å². The van der Waals surface area contributed by atoms with Crippen molar-refractivity contribution in [3.63, 3.8) is 0 Å². The quantitative estimate of drug-likeness (QED) is 0.0212. The molecule has 10 heteroatoms. The molecule has 0 rings (SSSR count). The molecule has 0 aliphatic carbocycles. The SMILES string of the molecule is CC/C=C\C/C=C\C/C=C\C/C=C\C/C=C\C/C=C\CCC(=O)NC(COP(=O)([O-])OCC[N+](C)(C)C)C(/C=C/CCCCCCCCCCCCC)OC(=O)CCCCCCCCCCCCC. The second-order valence-corrected chi connectivity index (χ2v) is 21.1. The molecule has 1 N–H and O–H groups in total. The first-order valence-electron chi connectivity index (χ1n) is 27.9. The number of esters is 1. The third-order valence-electron chi connectivity index (χ3n) is 11.9. The molecule has 398 valence electrons. The molecule has 0 spiro atoms. The maximum atomic E-state index is 13.4. The number of carbonyl (C=O) groups is 2. The number of phosphoric ester groups is 1. The smallest absolute Gasteiger partial charge is 0.306 e. The van der Waals surface area contributed by atoms with Crippen molar-refractivity contribution in [2.45, 2.75) is 238 Å². The highest BCUT2D eigenvalue weighted by Gasteiger charge is 2.27. The van der Waals surface area contributed by atoms with Gasteiger partial charge in [-0.25, -0.2) is 0 Å². The largest absolute Gasteiger partial charge is 0.756 e. The van der Waals surface area contributed by atoms with Gasteiger partial charge < -0.3 is 28.5 Å². The Hall–Kier alpha value is -2.81. The lowest BCUT2D eigenvalue weighted by Crippen LogP contribution is -2.47. The van der Waals surface area contributed by atoms with Crippen LogP contribution in [0, 0.1) is 0 Å². The van der Waals surface area contributed by atoms with Crippen LogP contribution in [0.15, 0.2) is 85.1 Å². The van der Waals surface area contributed by atoms with E-state index < -0.39 is 26.6 Å². The first-order chi connectivity index (χ1) is 33.4. The molecular weight excluding hydrogens is 880 g/mol. The van der Waals surface area contributed by atoms with Crippen molar-refractivity contribution in [3.8, 4) is 0 Å². The van der Waals surface area contributed by atoms with Gasteiger partial charge in [0.25, 0.3) is 7.82 Å². The van der Waals surface area contributed by atoms with Crippen molar-refractivity contribution in [1.82, 2.24) is 5.32 Å². The number of unbranched alkanes of at least 4 members (excludes halogenated alkanes) is 21. The summed E-state index contributed by atoms with van der Waals surface area (Å²) in [6.07, 6.45) is 62.8. The molecule has 0 aromatic carbocycles. The Kier molecular flexibility index (Phi) is 46.8. The predicted octanol–water partition coefficient (Wildman–Crippen LogP) is 16.0. The van der Waals surface area contributed by atoms with E-state index in [-0.39, 0.29) is 31.3 Å². The fourth-order valence-corrected chi connectivity index (χ4v) is 8.27. The van der Waals surface area contributed by atoms with E-state index in [4.69, 9.17) is 13.8 Å². The summed E-state index contributed by atoms with van der Waals surface area (Å²) in [5, 5.41) is 2.97. The van der Waals surface area contributed by atoms with Gasteiger partial charge in [0.2, 0.25) is 5.91 Å². The Bertz CT molecular complexity index is 1460. The van der Waals surface area contributed by atoms with Crippen LogP contribution in [0.5, 0.6) is 0 Å². The fourth-order valence-electron chi connectivity index (χ4n) is 7.54. The van der Waals surface area contributed by atoms with Crippen LogP contribution >= 0.6 is 7.82 Å². The Balaban J connectivity index is 5.49. The van der Waals surface area contributed by atoms with Crippen LogP contribution in [0.3, 0.4) is 0 Å². The van der Waals surface area contributed by atoms with E-state index in [0.717, 1.165) is 77.0 Å². The molecular formula is C59H105N2O7P. The highest BCUT2D eigenvalue weighted by molar-refractivity contribution is 7.45. The van der Waals surface area contributed by atoms with Gasteiger partial charge in [0.15, 0.2) is 0 Å². The van der Waals surface area contributed by atoms with Gasteiger partial charge >= 0.3 is 5.97 Å². The Morgan fingerprint density at radius 3 is 1.39 bits per heavy atom. The molecule has 0 radical (unpaired) electrons. The zero-order valence-corrected chi connectivity index (χ0v) is 46.1. The van der Waals surface area contributed by atoms with Crippen LogP contribution in [0.1, 0.15) is 226 Å². The zero-order valence-electron chi connectivity index (χ0n) is 45.2. The lowest BCUT2D eigenvalue weighted by molar-refractivity contribution is -0.870. The highest BCUT2D eigenvalue weighted by atomic mass is 31.2. The molecule has 0 fully saturated rings. The van der Waals surface area contributed by atoms with Crippen molar-refractivity contribution in [1.29, 1.82) is 0 Å². The van der Waals surface area contributed by atoms with Gasteiger partial charge in [0, 0.05) is 12.8 Å². The van der Waals surface area contributed by atoms with Gasteiger partial charge in [0.05, 0.1) is 33.8 Å². The Morgan fingerprint density at radius 1 is 0.522 bits per heavy atom. The van der Waals surface area contributed by atoms with E-state index in [2.05, 4.69) is 86.8 Å². The van der Waals surface area contributed by atoms with E-state index in [9.17, 15) is 19.0 Å². The van der Waals surface area contributed by atoms with Crippen LogP contribution < -0.4 is 10.2 Å². The number of quaternary nitrogens is 1. The van der Waals surface area contributed by atoms with E-state index in [0.29, 0.717) is 17.4 Å². The molecule has 0 aromatic rings. The van der Waals surface area contributed by atoms with Gasteiger partial charge in [0.1, 0.15) is 19.3 Å². The van der Waals surface area contributed by atoms with E-state index in [1.807, 2.05) is 45.4 Å². The minimum absolute atomic E-state index is 0.0382. The summed E-state index contributed by atoms with van der Waals surface area (Å²) in [4.78, 5) is 39.7. The normalized spacial score (nSPS) is 14.5. The van der Waals surface area contributed by atoms with Gasteiger partial charge in [-0.05, 0) is 70.3 Å². The molecule has 0 bridgehead atoms. The zero-order chi connectivity index (χ0) is 50.8. The summed E-state index contributed by atoms with van der Waals surface area (Å²) in [5.74, 6) is -0.642. The molecule has 0 aliphatic rings. The number of amides is 1. The number of likely N-dealkylation sites (N-methyl/N-ethyl adjacent to an activating group) is 1. The fraction of sp³-hybridized carbons (Fsp3) is 0.729. The average Bonchev–Trinajstić information content (AvgIpc) is 3.31. The lowest BCUT2D eigenvalue weighted by atomic mass is 10.0. The van der Waals surface area contributed by atoms with Crippen LogP contribution in [0.4, 0.5) is 0 Å². The molecule has 3 atom stereocenters. The molecule has 0 saturated carbocycles. The number of phosphoric acid groups is 1. The van der Waals surface area contributed by atoms with Crippen LogP contribution in [-0.4, -0.2) is 69.4 Å². The monoisotopic (exact) mass is 985 g/mol. The number of nitrogens with one attached hydrogen (secondary N) is 1.